The van der Waals surface area contributed by atoms with E-state index in [1.54, 1.807) is 25.1 Å². The van der Waals surface area contributed by atoms with Crippen molar-refractivity contribution in [2.24, 2.45) is 17.6 Å². The summed E-state index contributed by atoms with van der Waals surface area (Å²) >= 11 is 0. The molecule has 1 fully saturated rings. The molecular formula is C29H29F2N3O7. The molecule has 0 saturated heterocycles. The van der Waals surface area contributed by atoms with Gasteiger partial charge < -0.3 is 31.1 Å². The van der Waals surface area contributed by atoms with E-state index in [1.165, 1.54) is 25.1 Å². The number of phenolic OH excluding ortho intramolecular Hbond substituents is 1. The van der Waals surface area contributed by atoms with Crippen LogP contribution in [0.1, 0.15) is 17.5 Å². The topological polar surface area (TPSA) is 165 Å². The number of nitrogens with two attached hydrogens (primary N) is 1. The largest absolute Gasteiger partial charge is 0.508 e. The van der Waals surface area contributed by atoms with E-state index < -0.39 is 75.4 Å². The number of halogens is 2. The molecule has 4 unspecified atom stereocenters. The Labute approximate surface area is 233 Å². The van der Waals surface area contributed by atoms with Crippen LogP contribution in [0.2, 0.25) is 0 Å². The fourth-order valence-corrected chi connectivity index (χ4v) is 6.57. The first-order valence-corrected chi connectivity index (χ1v) is 12.8. The molecule has 0 bridgehead atoms. The third-order valence-electron chi connectivity index (χ3n) is 8.41. The number of amides is 1. The Morgan fingerprint density at radius 3 is 2.27 bits per heavy atom. The van der Waals surface area contributed by atoms with E-state index in [-0.39, 0.29) is 35.1 Å². The average Bonchev–Trinajstić information content (AvgIpc) is 2.87. The molecule has 3 aliphatic rings. The van der Waals surface area contributed by atoms with Crippen LogP contribution in [0, 0.1) is 23.5 Å². The van der Waals surface area contributed by atoms with Crippen molar-refractivity contribution in [1.29, 1.82) is 0 Å². The van der Waals surface area contributed by atoms with Crippen LogP contribution >= 0.6 is 0 Å². The standard InChI is InChI=1S/C29H29F2N3O7/c1-33(2)18-10-13(11-5-6-16(30)17(31)9-11)23(35)20-14(18)7-12-8-15-22(34(3)4)25(37)21(28(32)40)27(39)29(15,41)26(38)19(12)24(20)36/h5-6,9-10,12,15,22,35-36,39,41H,7-8H2,1-4H3,(H2,32,40). The van der Waals surface area contributed by atoms with Gasteiger partial charge in [-0.1, -0.05) is 6.07 Å². The monoisotopic (exact) mass is 569 g/mol. The SMILES string of the molecule is CN(C)c1cc(-c2ccc(F)c(F)c2)c(O)c2c1CC1CC3C(N(C)C)C(=O)C(C(N)=O)=C(O)C3(O)C(=O)C1=C2O. The van der Waals surface area contributed by atoms with Crippen LogP contribution < -0.4 is 10.6 Å². The Bertz CT molecular complexity index is 1610. The number of primary amides is 1. The highest BCUT2D eigenvalue weighted by atomic mass is 19.2. The number of fused-ring (bicyclic) bond motifs is 3. The van der Waals surface area contributed by atoms with Crippen LogP contribution in [0.4, 0.5) is 14.5 Å². The Morgan fingerprint density at radius 2 is 1.71 bits per heavy atom. The van der Waals surface area contributed by atoms with Gasteiger partial charge in [-0.2, -0.15) is 0 Å². The molecule has 0 spiro atoms. The first-order chi connectivity index (χ1) is 19.1. The fourth-order valence-electron chi connectivity index (χ4n) is 6.57. The van der Waals surface area contributed by atoms with E-state index in [1.807, 2.05) is 0 Å². The zero-order valence-corrected chi connectivity index (χ0v) is 22.7. The Kier molecular flexibility index (Phi) is 6.47. The lowest BCUT2D eigenvalue weighted by atomic mass is 9.57. The molecule has 3 aliphatic carbocycles. The van der Waals surface area contributed by atoms with Crippen molar-refractivity contribution in [2.45, 2.75) is 24.5 Å². The molecule has 0 heterocycles. The summed E-state index contributed by atoms with van der Waals surface area (Å²) in [6.45, 7) is 0. The number of hydrogen-bond donors (Lipinski definition) is 5. The Balaban J connectivity index is 1.78. The molecule has 4 atom stereocenters. The number of carbonyl (C=O) groups is 3. The molecule has 12 heteroatoms. The predicted octanol–water partition coefficient (Wildman–Crippen LogP) is 1.98. The molecule has 10 nitrogen and oxygen atoms in total. The van der Waals surface area contributed by atoms with Gasteiger partial charge in [0.1, 0.15) is 22.8 Å². The predicted molar refractivity (Wildman–Crippen MR) is 144 cm³/mol. The maximum absolute atomic E-state index is 14.1. The number of likely N-dealkylation sites (N-methyl/N-ethyl adjacent to an activating group) is 1. The van der Waals surface area contributed by atoms with Gasteiger partial charge in [0, 0.05) is 36.8 Å². The van der Waals surface area contributed by atoms with Crippen LogP contribution in [0.25, 0.3) is 16.9 Å². The van der Waals surface area contributed by atoms with Crippen molar-refractivity contribution in [3.8, 4) is 16.9 Å². The highest BCUT2D eigenvalue weighted by molar-refractivity contribution is 6.24. The molecule has 1 saturated carbocycles. The van der Waals surface area contributed by atoms with Gasteiger partial charge in [0.15, 0.2) is 23.0 Å². The van der Waals surface area contributed by atoms with Crippen LogP contribution in [-0.4, -0.2) is 82.6 Å². The quantitative estimate of drug-likeness (QED) is 0.346. The van der Waals surface area contributed by atoms with Gasteiger partial charge in [-0.3, -0.25) is 19.3 Å². The van der Waals surface area contributed by atoms with E-state index in [0.717, 1.165) is 12.1 Å². The Hall–Kier alpha value is -4.29. The minimum Gasteiger partial charge on any atom is -0.508 e. The van der Waals surface area contributed by atoms with Gasteiger partial charge >= 0.3 is 0 Å². The summed E-state index contributed by atoms with van der Waals surface area (Å²) in [6, 6.07) is 3.40. The number of aliphatic hydroxyl groups is 3. The third kappa shape index (κ3) is 3.85. The van der Waals surface area contributed by atoms with E-state index >= 15 is 0 Å². The average molecular weight is 570 g/mol. The van der Waals surface area contributed by atoms with Gasteiger partial charge in [-0.05, 0) is 62.2 Å². The normalized spacial score (nSPS) is 25.7. The smallest absolute Gasteiger partial charge is 0.255 e. The lowest BCUT2D eigenvalue weighted by Gasteiger charge is -2.50. The summed E-state index contributed by atoms with van der Waals surface area (Å²) in [7, 11) is 6.46. The number of anilines is 1. The lowest BCUT2D eigenvalue weighted by molar-refractivity contribution is -0.153. The highest BCUT2D eigenvalue weighted by Crippen LogP contribution is 2.54. The molecule has 1 amide bonds. The fraction of sp³-hybridized carbons (Fsp3) is 0.345. The Morgan fingerprint density at radius 1 is 1.05 bits per heavy atom. The number of aliphatic hydroxyl groups excluding tert-OH is 2. The molecule has 0 aliphatic heterocycles. The second-order valence-electron chi connectivity index (χ2n) is 11.1. The van der Waals surface area contributed by atoms with Gasteiger partial charge in [-0.15, -0.1) is 0 Å². The minimum absolute atomic E-state index is 0.0477. The van der Waals surface area contributed by atoms with E-state index in [4.69, 9.17) is 5.73 Å². The summed E-state index contributed by atoms with van der Waals surface area (Å²) in [6.07, 6.45) is 0.0397. The summed E-state index contributed by atoms with van der Waals surface area (Å²) in [5, 5.41) is 45.6. The van der Waals surface area contributed by atoms with Crippen molar-refractivity contribution in [2.75, 3.05) is 33.1 Å². The van der Waals surface area contributed by atoms with Crippen LogP contribution in [0.15, 0.2) is 41.2 Å². The summed E-state index contributed by atoms with van der Waals surface area (Å²) in [4.78, 5) is 42.5. The van der Waals surface area contributed by atoms with E-state index in [9.17, 15) is 43.6 Å². The zero-order valence-electron chi connectivity index (χ0n) is 22.7. The first kappa shape index (κ1) is 28.2. The van der Waals surface area contributed by atoms with E-state index in [0.29, 0.717) is 11.3 Å². The number of benzene rings is 2. The number of rotatable bonds is 4. The zero-order chi connectivity index (χ0) is 30.3. The molecule has 41 heavy (non-hydrogen) atoms. The minimum atomic E-state index is -2.76. The second kappa shape index (κ2) is 9.38. The van der Waals surface area contributed by atoms with Gasteiger partial charge in [0.25, 0.3) is 5.91 Å². The number of Topliss-reactive ketones (excluding diaryl/α,β-unsaturated/α-hetero) is 2. The van der Waals surface area contributed by atoms with Gasteiger partial charge in [0.05, 0.1) is 11.6 Å². The molecule has 5 rings (SSSR count). The van der Waals surface area contributed by atoms with Gasteiger partial charge in [-0.25, -0.2) is 8.78 Å². The van der Waals surface area contributed by atoms with Crippen molar-refractivity contribution < 1.29 is 43.6 Å². The van der Waals surface area contributed by atoms with E-state index in [2.05, 4.69) is 0 Å². The molecular weight excluding hydrogens is 540 g/mol. The van der Waals surface area contributed by atoms with Crippen molar-refractivity contribution in [1.82, 2.24) is 4.90 Å². The van der Waals surface area contributed by atoms with Crippen LogP contribution in [-0.2, 0) is 20.8 Å². The second-order valence-corrected chi connectivity index (χ2v) is 11.1. The summed E-state index contributed by atoms with van der Waals surface area (Å²) < 4.78 is 27.7. The maximum Gasteiger partial charge on any atom is 0.255 e. The van der Waals surface area contributed by atoms with Crippen LogP contribution in [0.5, 0.6) is 5.75 Å². The number of hydrogen-bond acceptors (Lipinski definition) is 9. The maximum atomic E-state index is 14.1. The van der Waals surface area contributed by atoms with Crippen LogP contribution in [0.3, 0.4) is 0 Å². The lowest BCUT2D eigenvalue weighted by Crippen LogP contribution is -2.65. The number of nitrogens with zero attached hydrogens (tertiary/aromatic N) is 2. The number of ketones is 2. The molecule has 216 valence electrons. The highest BCUT2D eigenvalue weighted by Gasteiger charge is 2.64. The number of aromatic hydroxyl groups is 1. The summed E-state index contributed by atoms with van der Waals surface area (Å²) in [5.74, 6) is -9.84. The first-order valence-electron chi connectivity index (χ1n) is 12.8. The summed E-state index contributed by atoms with van der Waals surface area (Å²) in [5.41, 5.74) is 2.35. The van der Waals surface area contributed by atoms with Gasteiger partial charge in [0.2, 0.25) is 5.78 Å². The van der Waals surface area contributed by atoms with Crippen molar-refractivity contribution in [3.63, 3.8) is 0 Å². The molecule has 6 N–H and O–H groups in total. The molecule has 0 aromatic heterocycles. The number of carbonyl (C=O) groups excluding carboxylic acids is 3. The third-order valence-corrected chi connectivity index (χ3v) is 8.41. The van der Waals surface area contributed by atoms with Crippen molar-refractivity contribution >= 4 is 28.9 Å². The number of phenols is 1. The molecule has 2 aromatic rings. The van der Waals surface area contributed by atoms with Crippen molar-refractivity contribution in [3.05, 3.63) is 63.9 Å². The molecule has 2 aromatic carbocycles. The molecule has 0 radical (unpaired) electrons.